The number of aromatic nitrogens is 1. The minimum Gasteiger partial charge on any atom is -0.290 e. The predicted octanol–water partition coefficient (Wildman–Crippen LogP) is 1.40. The van der Waals surface area contributed by atoms with E-state index in [-0.39, 0.29) is 0 Å². The molecular formula is C6H9N3OS. The number of hydrogen-bond acceptors (Lipinski definition) is 4. The molecule has 0 spiro atoms. The van der Waals surface area contributed by atoms with Crippen LogP contribution in [0.2, 0.25) is 0 Å². The summed E-state index contributed by atoms with van der Waals surface area (Å²) in [6.07, 6.45) is 1.19. The highest BCUT2D eigenvalue weighted by atomic mass is 32.1. The van der Waals surface area contributed by atoms with Crippen molar-refractivity contribution in [3.63, 3.8) is 0 Å². The minimum absolute atomic E-state index is 0.654. The highest BCUT2D eigenvalue weighted by Crippen LogP contribution is 2.22. The normalized spacial score (nSPS) is 10.8. The zero-order valence-electron chi connectivity index (χ0n) is 6.33. The van der Waals surface area contributed by atoms with E-state index < -0.39 is 0 Å². The molecule has 1 rings (SSSR count). The molecule has 0 saturated carbocycles. The van der Waals surface area contributed by atoms with Crippen LogP contribution < -0.4 is 5.48 Å². The molecule has 0 bridgehead atoms. The van der Waals surface area contributed by atoms with E-state index in [1.165, 1.54) is 17.7 Å². The van der Waals surface area contributed by atoms with Crippen LogP contribution in [-0.4, -0.2) is 16.5 Å². The van der Waals surface area contributed by atoms with E-state index in [9.17, 15) is 0 Å². The molecule has 0 saturated heterocycles. The zero-order valence-corrected chi connectivity index (χ0v) is 7.14. The van der Waals surface area contributed by atoms with Gasteiger partial charge in [-0.3, -0.25) is 10.7 Å². The summed E-state index contributed by atoms with van der Waals surface area (Å²) in [6, 6.07) is 0. The lowest BCUT2D eigenvalue weighted by Gasteiger charge is -1.81. The molecule has 2 N–H and O–H groups in total. The Hall–Kier alpha value is -0.940. The van der Waals surface area contributed by atoms with Gasteiger partial charge in [-0.1, -0.05) is 11.3 Å². The molecule has 11 heavy (non-hydrogen) atoms. The van der Waals surface area contributed by atoms with E-state index in [1.54, 1.807) is 0 Å². The average molecular weight is 171 g/mol. The molecule has 0 fully saturated rings. The van der Waals surface area contributed by atoms with Gasteiger partial charge in [0.15, 0.2) is 0 Å². The molecule has 1 aromatic rings. The largest absolute Gasteiger partial charge is 0.290 e. The Labute approximate surface area is 68.6 Å². The number of thiazole rings is 1. The van der Waals surface area contributed by atoms with E-state index in [2.05, 4.69) is 9.98 Å². The SMILES string of the molecule is Cc1nc(/N=C/NO)sc1C. The maximum absolute atomic E-state index is 8.18. The van der Waals surface area contributed by atoms with Crippen LogP contribution in [0.25, 0.3) is 0 Å². The van der Waals surface area contributed by atoms with Crippen molar-refractivity contribution in [3.8, 4) is 0 Å². The molecule has 4 nitrogen and oxygen atoms in total. The van der Waals surface area contributed by atoms with Gasteiger partial charge in [0.25, 0.3) is 0 Å². The Bertz CT molecular complexity index is 249. The van der Waals surface area contributed by atoms with Crippen LogP contribution in [-0.2, 0) is 0 Å². The van der Waals surface area contributed by atoms with E-state index in [0.717, 1.165) is 10.6 Å². The van der Waals surface area contributed by atoms with Crippen LogP contribution in [0.15, 0.2) is 4.99 Å². The third-order valence-corrected chi connectivity index (χ3v) is 2.23. The van der Waals surface area contributed by atoms with Gasteiger partial charge in [0, 0.05) is 4.88 Å². The fraction of sp³-hybridized carbons (Fsp3) is 0.333. The van der Waals surface area contributed by atoms with Gasteiger partial charge in [-0.2, -0.15) is 0 Å². The van der Waals surface area contributed by atoms with Gasteiger partial charge in [-0.15, -0.1) is 0 Å². The summed E-state index contributed by atoms with van der Waals surface area (Å²) < 4.78 is 0. The van der Waals surface area contributed by atoms with Gasteiger partial charge in [0.05, 0.1) is 5.69 Å². The Morgan fingerprint density at radius 2 is 2.36 bits per heavy atom. The molecule has 0 atom stereocenters. The number of nitrogens with one attached hydrogen (secondary N) is 1. The smallest absolute Gasteiger partial charge is 0.211 e. The number of nitrogens with zero attached hydrogens (tertiary/aromatic N) is 2. The molecule has 0 aliphatic rings. The number of hydroxylamine groups is 1. The number of rotatable bonds is 2. The van der Waals surface area contributed by atoms with Crippen LogP contribution in [0.4, 0.5) is 5.13 Å². The quantitative estimate of drug-likeness (QED) is 0.401. The van der Waals surface area contributed by atoms with Crippen LogP contribution in [0, 0.1) is 13.8 Å². The molecule has 0 radical (unpaired) electrons. The van der Waals surface area contributed by atoms with Crippen molar-refractivity contribution < 1.29 is 5.21 Å². The topological polar surface area (TPSA) is 57.5 Å². The first-order valence-electron chi connectivity index (χ1n) is 3.10. The van der Waals surface area contributed by atoms with Crippen molar-refractivity contribution in [1.29, 1.82) is 0 Å². The third kappa shape index (κ3) is 1.99. The molecule has 0 aliphatic heterocycles. The molecular weight excluding hydrogens is 162 g/mol. The van der Waals surface area contributed by atoms with Crippen LogP contribution in [0.1, 0.15) is 10.6 Å². The van der Waals surface area contributed by atoms with E-state index >= 15 is 0 Å². The van der Waals surface area contributed by atoms with Gasteiger partial charge in [0.1, 0.15) is 6.34 Å². The second-order valence-electron chi connectivity index (χ2n) is 2.03. The lowest BCUT2D eigenvalue weighted by atomic mass is 10.4. The first-order chi connectivity index (χ1) is 5.24. The predicted molar refractivity (Wildman–Crippen MR) is 44.7 cm³/mol. The summed E-state index contributed by atoms with van der Waals surface area (Å²) in [5, 5.41) is 8.84. The molecule has 5 heteroatoms. The van der Waals surface area contributed by atoms with Crippen molar-refractivity contribution in [2.45, 2.75) is 13.8 Å². The Balaban J connectivity index is 2.80. The molecule has 0 aromatic carbocycles. The Kier molecular flexibility index (Phi) is 2.56. The standard InChI is InChI=1S/C6H9N3OS/c1-4-5(2)11-6(9-4)7-3-8-10/h3,10H,1-2H3,(H,7,8,9). The fourth-order valence-electron chi connectivity index (χ4n) is 0.595. The molecule has 0 aliphatic carbocycles. The van der Waals surface area contributed by atoms with Crippen LogP contribution in [0.3, 0.4) is 0 Å². The Morgan fingerprint density at radius 3 is 2.82 bits per heavy atom. The van der Waals surface area contributed by atoms with Crippen molar-refractivity contribution >= 4 is 22.8 Å². The third-order valence-electron chi connectivity index (χ3n) is 1.25. The first kappa shape index (κ1) is 8.16. The van der Waals surface area contributed by atoms with Crippen LogP contribution in [0.5, 0.6) is 0 Å². The van der Waals surface area contributed by atoms with Crippen molar-refractivity contribution in [2.24, 2.45) is 4.99 Å². The molecule has 60 valence electrons. The molecule has 0 unspecified atom stereocenters. The monoisotopic (exact) mass is 171 g/mol. The van der Waals surface area contributed by atoms with Crippen LogP contribution >= 0.6 is 11.3 Å². The lowest BCUT2D eigenvalue weighted by molar-refractivity contribution is 0.240. The lowest BCUT2D eigenvalue weighted by Crippen LogP contribution is -2.00. The average Bonchev–Trinajstić information content (AvgIpc) is 2.28. The number of aliphatic imine (C=N–C) groups is 1. The summed E-state index contributed by atoms with van der Waals surface area (Å²) in [5.74, 6) is 0. The molecule has 1 aromatic heterocycles. The fourth-order valence-corrected chi connectivity index (χ4v) is 1.35. The maximum Gasteiger partial charge on any atom is 0.211 e. The first-order valence-corrected chi connectivity index (χ1v) is 3.92. The second kappa shape index (κ2) is 3.45. The van der Waals surface area contributed by atoms with E-state index in [4.69, 9.17) is 5.21 Å². The van der Waals surface area contributed by atoms with Crippen molar-refractivity contribution in [2.75, 3.05) is 0 Å². The Morgan fingerprint density at radius 1 is 1.64 bits per heavy atom. The second-order valence-corrected chi connectivity index (χ2v) is 3.21. The van der Waals surface area contributed by atoms with Gasteiger partial charge in [-0.25, -0.2) is 9.98 Å². The van der Waals surface area contributed by atoms with Crippen molar-refractivity contribution in [1.82, 2.24) is 10.5 Å². The minimum atomic E-state index is 0.654. The van der Waals surface area contributed by atoms with Gasteiger partial charge >= 0.3 is 0 Å². The van der Waals surface area contributed by atoms with Crippen molar-refractivity contribution in [3.05, 3.63) is 10.6 Å². The van der Waals surface area contributed by atoms with E-state index in [1.807, 2.05) is 19.3 Å². The summed E-state index contributed by atoms with van der Waals surface area (Å²) in [6.45, 7) is 3.91. The molecule has 1 heterocycles. The van der Waals surface area contributed by atoms with Gasteiger partial charge in [-0.05, 0) is 13.8 Å². The number of hydrogen-bond donors (Lipinski definition) is 2. The number of aryl methyl sites for hydroxylation is 2. The van der Waals surface area contributed by atoms with Gasteiger partial charge in [0.2, 0.25) is 5.13 Å². The zero-order chi connectivity index (χ0) is 8.27. The summed E-state index contributed by atoms with van der Waals surface area (Å²) >= 11 is 1.49. The van der Waals surface area contributed by atoms with Gasteiger partial charge < -0.3 is 0 Å². The summed E-state index contributed by atoms with van der Waals surface area (Å²) in [7, 11) is 0. The summed E-state index contributed by atoms with van der Waals surface area (Å²) in [4.78, 5) is 9.09. The molecule has 0 amide bonds. The maximum atomic E-state index is 8.18. The van der Waals surface area contributed by atoms with E-state index in [0.29, 0.717) is 5.13 Å². The summed E-state index contributed by atoms with van der Waals surface area (Å²) in [5.41, 5.74) is 2.81. The highest BCUT2D eigenvalue weighted by molar-refractivity contribution is 7.15. The highest BCUT2D eigenvalue weighted by Gasteiger charge is 1.99.